The topological polar surface area (TPSA) is 131 Å². The van der Waals surface area contributed by atoms with Gasteiger partial charge in [-0.15, -0.1) is 0 Å². The molecule has 0 saturated carbocycles. The molecule has 9 heteroatoms. The van der Waals surface area contributed by atoms with Crippen molar-refractivity contribution in [1.82, 2.24) is 34.7 Å². The summed E-state index contributed by atoms with van der Waals surface area (Å²) in [6, 6.07) is 7.27. The Kier molecular flexibility index (Phi) is 4.26. The average molecular weight is 412 g/mol. The number of rotatable bonds is 4. The van der Waals surface area contributed by atoms with E-state index in [0.717, 1.165) is 27.7 Å². The van der Waals surface area contributed by atoms with Crippen LogP contribution in [0.5, 0.6) is 0 Å². The molecule has 0 aromatic carbocycles. The molecular formula is C22H20N8O. The van der Waals surface area contributed by atoms with Gasteiger partial charge in [0.25, 0.3) is 0 Å². The van der Waals surface area contributed by atoms with Crippen LogP contribution in [0.15, 0.2) is 61.4 Å². The van der Waals surface area contributed by atoms with Gasteiger partial charge in [-0.25, -0.2) is 15.0 Å². The lowest BCUT2D eigenvalue weighted by atomic mass is 9.92. The highest BCUT2D eigenvalue weighted by Gasteiger charge is 2.29. The molecule has 4 N–H and O–H groups in total. The zero-order chi connectivity index (χ0) is 21.6. The van der Waals surface area contributed by atoms with Gasteiger partial charge in [0.2, 0.25) is 5.95 Å². The summed E-state index contributed by atoms with van der Waals surface area (Å²) in [4.78, 5) is 20.4. The van der Waals surface area contributed by atoms with Crippen LogP contribution in [0, 0.1) is 0 Å². The van der Waals surface area contributed by atoms with E-state index >= 15 is 0 Å². The maximum absolute atomic E-state index is 11.2. The molecule has 0 amide bonds. The molecule has 1 atom stereocenters. The molecule has 0 saturated heterocycles. The second kappa shape index (κ2) is 6.99. The average Bonchev–Trinajstić information content (AvgIpc) is 3.39. The lowest BCUT2D eigenvalue weighted by Crippen LogP contribution is -2.25. The molecular weight excluding hydrogens is 392 g/mol. The number of hydrogen-bond acceptors (Lipinski definition) is 7. The predicted molar refractivity (Wildman–Crippen MR) is 117 cm³/mol. The molecule has 31 heavy (non-hydrogen) atoms. The van der Waals surface area contributed by atoms with Gasteiger partial charge in [0.15, 0.2) is 0 Å². The molecule has 0 unspecified atom stereocenters. The minimum Gasteiger partial charge on any atom is -0.379 e. The van der Waals surface area contributed by atoms with Crippen molar-refractivity contribution in [3.63, 3.8) is 0 Å². The van der Waals surface area contributed by atoms with Gasteiger partial charge in [0.05, 0.1) is 17.6 Å². The molecule has 5 rings (SSSR count). The van der Waals surface area contributed by atoms with Crippen LogP contribution >= 0.6 is 0 Å². The lowest BCUT2D eigenvalue weighted by molar-refractivity contribution is 0.0974. The van der Waals surface area contributed by atoms with Crippen molar-refractivity contribution < 1.29 is 5.11 Å². The number of nitrogens with one attached hydrogen (secondary N) is 1. The van der Waals surface area contributed by atoms with Crippen LogP contribution < -0.4 is 5.73 Å². The summed E-state index contributed by atoms with van der Waals surface area (Å²) >= 11 is 0. The quantitative estimate of drug-likeness (QED) is 0.413. The van der Waals surface area contributed by atoms with Crippen molar-refractivity contribution in [2.45, 2.75) is 12.5 Å². The normalized spacial score (nSPS) is 13.4. The number of H-pyrrole nitrogens is 1. The second-order valence-corrected chi connectivity index (χ2v) is 7.53. The fraction of sp³-hybridized carbons (Fsp3) is 0.136. The summed E-state index contributed by atoms with van der Waals surface area (Å²) in [7, 11) is 1.87. The molecule has 5 heterocycles. The van der Waals surface area contributed by atoms with Gasteiger partial charge in [0, 0.05) is 60.1 Å². The van der Waals surface area contributed by atoms with Crippen LogP contribution in [0.1, 0.15) is 18.2 Å². The Morgan fingerprint density at radius 3 is 2.65 bits per heavy atom. The molecule has 0 aliphatic heterocycles. The van der Waals surface area contributed by atoms with Gasteiger partial charge in [-0.1, -0.05) is 0 Å². The maximum Gasteiger partial charge on any atom is 0.220 e. The number of hydrogen-bond donors (Lipinski definition) is 3. The molecule has 0 fully saturated rings. The van der Waals surface area contributed by atoms with E-state index in [-0.39, 0.29) is 5.95 Å². The van der Waals surface area contributed by atoms with Gasteiger partial charge in [-0.3, -0.25) is 9.67 Å². The van der Waals surface area contributed by atoms with E-state index in [1.165, 1.54) is 0 Å². The molecule has 0 radical (unpaired) electrons. The largest absolute Gasteiger partial charge is 0.379 e. The van der Waals surface area contributed by atoms with E-state index in [1.807, 2.05) is 25.5 Å². The number of aliphatic hydroxyl groups is 1. The predicted octanol–water partition coefficient (Wildman–Crippen LogP) is 2.65. The van der Waals surface area contributed by atoms with Crippen LogP contribution in [-0.4, -0.2) is 39.8 Å². The fourth-order valence-corrected chi connectivity index (χ4v) is 3.62. The zero-order valence-corrected chi connectivity index (χ0v) is 17.0. The Hall–Kier alpha value is -4.11. The minimum atomic E-state index is -1.36. The molecule has 5 aromatic rings. The van der Waals surface area contributed by atoms with E-state index in [4.69, 9.17) is 5.73 Å². The van der Waals surface area contributed by atoms with Crippen LogP contribution in [0.25, 0.3) is 33.4 Å². The molecule has 9 nitrogen and oxygen atoms in total. The van der Waals surface area contributed by atoms with Gasteiger partial charge in [0.1, 0.15) is 11.2 Å². The first-order valence-corrected chi connectivity index (χ1v) is 9.66. The minimum absolute atomic E-state index is 0.0764. The Balaban J connectivity index is 1.64. The number of pyridine rings is 2. The number of nitrogen functional groups attached to an aromatic ring is 1. The number of anilines is 1. The number of fused-ring (bicyclic) bond motifs is 1. The number of aromatic nitrogens is 7. The Morgan fingerprint density at radius 2 is 1.90 bits per heavy atom. The first-order chi connectivity index (χ1) is 14.9. The van der Waals surface area contributed by atoms with E-state index in [9.17, 15) is 5.11 Å². The summed E-state index contributed by atoms with van der Waals surface area (Å²) in [5.41, 5.74) is 9.75. The SMILES string of the molecule is Cn1cc(-c2cnc3[nH]cc(-c4cc([C@](C)(O)c5ccncc5)nc(N)n4)c3c2)cn1. The van der Waals surface area contributed by atoms with E-state index in [1.54, 1.807) is 54.6 Å². The van der Waals surface area contributed by atoms with Crippen molar-refractivity contribution in [1.29, 1.82) is 0 Å². The van der Waals surface area contributed by atoms with Crippen molar-refractivity contribution >= 4 is 17.0 Å². The van der Waals surface area contributed by atoms with E-state index in [2.05, 4.69) is 30.0 Å². The third kappa shape index (κ3) is 3.30. The van der Waals surface area contributed by atoms with Crippen molar-refractivity contribution in [2.24, 2.45) is 7.05 Å². The molecule has 0 bridgehead atoms. The Labute approximate surface area is 177 Å². The van der Waals surface area contributed by atoms with Gasteiger partial charge >= 0.3 is 0 Å². The van der Waals surface area contributed by atoms with Crippen LogP contribution in [0.3, 0.4) is 0 Å². The molecule has 5 aromatic heterocycles. The first kappa shape index (κ1) is 18.9. The zero-order valence-electron chi connectivity index (χ0n) is 17.0. The summed E-state index contributed by atoms with van der Waals surface area (Å²) in [5.74, 6) is 0.0764. The molecule has 0 aliphatic rings. The third-order valence-corrected chi connectivity index (χ3v) is 5.33. The summed E-state index contributed by atoms with van der Waals surface area (Å²) in [6.07, 6.45) is 10.6. The molecule has 154 valence electrons. The number of nitrogens with zero attached hydrogens (tertiary/aromatic N) is 6. The van der Waals surface area contributed by atoms with Gasteiger partial charge in [-0.2, -0.15) is 5.10 Å². The van der Waals surface area contributed by atoms with Gasteiger partial charge in [-0.05, 0) is 36.8 Å². The van der Waals surface area contributed by atoms with Crippen LogP contribution in [-0.2, 0) is 12.6 Å². The Bertz CT molecular complexity index is 1390. The maximum atomic E-state index is 11.2. The first-order valence-electron chi connectivity index (χ1n) is 9.66. The van der Waals surface area contributed by atoms with Crippen LogP contribution in [0.2, 0.25) is 0 Å². The van der Waals surface area contributed by atoms with Crippen LogP contribution in [0.4, 0.5) is 5.95 Å². The standard InChI is InChI=1S/C22H20N8O/c1-22(31,15-3-5-24-6-4-15)19-8-18(28-21(23)29-19)17-11-26-20-16(17)7-13(9-25-20)14-10-27-30(2)12-14/h3-12,31H,1-2H3,(H,25,26)(H2,23,28,29)/t22-/m1/s1. The van der Waals surface area contributed by atoms with E-state index < -0.39 is 5.60 Å². The Morgan fingerprint density at radius 1 is 1.10 bits per heavy atom. The van der Waals surface area contributed by atoms with E-state index in [0.29, 0.717) is 17.0 Å². The molecule has 0 aliphatic carbocycles. The highest BCUT2D eigenvalue weighted by atomic mass is 16.3. The molecule has 0 spiro atoms. The highest BCUT2D eigenvalue weighted by molar-refractivity contribution is 5.95. The van der Waals surface area contributed by atoms with Crippen molar-refractivity contribution in [3.8, 4) is 22.4 Å². The summed E-state index contributed by atoms with van der Waals surface area (Å²) in [5, 5.41) is 16.3. The van der Waals surface area contributed by atoms with Gasteiger partial charge < -0.3 is 15.8 Å². The third-order valence-electron chi connectivity index (χ3n) is 5.33. The smallest absolute Gasteiger partial charge is 0.220 e. The highest BCUT2D eigenvalue weighted by Crippen LogP contribution is 2.34. The summed E-state index contributed by atoms with van der Waals surface area (Å²) in [6.45, 7) is 1.67. The number of aromatic amines is 1. The van der Waals surface area contributed by atoms with Crippen molar-refractivity contribution in [3.05, 3.63) is 72.7 Å². The number of nitrogens with two attached hydrogens (primary N) is 1. The monoisotopic (exact) mass is 412 g/mol. The summed E-state index contributed by atoms with van der Waals surface area (Å²) < 4.78 is 1.75. The number of aryl methyl sites for hydroxylation is 1. The lowest BCUT2D eigenvalue weighted by Gasteiger charge is -2.23. The second-order valence-electron chi connectivity index (χ2n) is 7.53. The fourth-order valence-electron chi connectivity index (χ4n) is 3.62. The van der Waals surface area contributed by atoms with Crippen molar-refractivity contribution in [2.75, 3.05) is 5.73 Å².